The van der Waals surface area contributed by atoms with Crippen molar-refractivity contribution in [2.45, 2.75) is 0 Å². The lowest BCUT2D eigenvalue weighted by Crippen LogP contribution is -1.85. The van der Waals surface area contributed by atoms with Crippen LogP contribution in [0.15, 0.2) is 30.6 Å². The van der Waals surface area contributed by atoms with Crippen LogP contribution >= 0.6 is 0 Å². The summed E-state index contributed by atoms with van der Waals surface area (Å²) in [6, 6.07) is 5.88. The second kappa shape index (κ2) is 2.84. The molecule has 0 aliphatic carbocycles. The number of rotatable bonds is 1. The van der Waals surface area contributed by atoms with Crippen molar-refractivity contribution in [1.82, 2.24) is 20.2 Å². The maximum Gasteiger partial charge on any atom is 0.153 e. The molecule has 0 aliphatic rings. The first-order valence-corrected chi connectivity index (χ1v) is 4.58. The lowest BCUT2D eigenvalue weighted by atomic mass is 10.1. The van der Waals surface area contributed by atoms with E-state index in [0.717, 1.165) is 22.3 Å². The summed E-state index contributed by atoms with van der Waals surface area (Å²) in [6.07, 6.45) is 3.51. The van der Waals surface area contributed by atoms with Crippen LogP contribution in [0.4, 0.5) is 5.82 Å². The normalized spacial score (nSPS) is 10.9. The summed E-state index contributed by atoms with van der Waals surface area (Å²) >= 11 is 0. The molecule has 0 saturated carbocycles. The van der Waals surface area contributed by atoms with Crippen molar-refractivity contribution < 1.29 is 0 Å². The Morgan fingerprint density at radius 2 is 2.20 bits per heavy atom. The number of hydrogen-bond donors (Lipinski definition) is 3. The van der Waals surface area contributed by atoms with Gasteiger partial charge in [0.1, 0.15) is 5.82 Å². The zero-order valence-electron chi connectivity index (χ0n) is 7.86. The molecule has 3 aromatic rings. The molecule has 74 valence electrons. The first-order valence-electron chi connectivity index (χ1n) is 4.58. The Bertz CT molecular complexity index is 593. The zero-order valence-corrected chi connectivity index (χ0v) is 7.86. The fraction of sp³-hybridized carbons (Fsp3) is 0. The molecule has 0 atom stereocenters. The van der Waals surface area contributed by atoms with E-state index in [1.165, 1.54) is 0 Å². The molecule has 0 bridgehead atoms. The van der Waals surface area contributed by atoms with E-state index in [1.807, 2.05) is 18.2 Å². The maximum absolute atomic E-state index is 5.73. The van der Waals surface area contributed by atoms with Gasteiger partial charge < -0.3 is 10.7 Å². The van der Waals surface area contributed by atoms with Crippen LogP contribution in [-0.4, -0.2) is 20.2 Å². The Morgan fingerprint density at radius 3 is 3.00 bits per heavy atom. The molecule has 4 N–H and O–H groups in total. The third-order valence-electron chi connectivity index (χ3n) is 2.36. The summed E-state index contributed by atoms with van der Waals surface area (Å²) in [6.45, 7) is 0. The number of nitrogens with one attached hydrogen (secondary N) is 2. The molecule has 2 aromatic heterocycles. The van der Waals surface area contributed by atoms with Gasteiger partial charge in [0.15, 0.2) is 5.82 Å². The maximum atomic E-state index is 5.73. The standard InChI is InChI=1S/C10H9N5/c11-9-7-5-6(10-12-3-4-13-10)1-2-8(7)14-15-9/h1-5H,(H,12,13)(H3,11,14,15). The largest absolute Gasteiger partial charge is 0.382 e. The van der Waals surface area contributed by atoms with Crippen molar-refractivity contribution in [3.63, 3.8) is 0 Å². The van der Waals surface area contributed by atoms with E-state index in [4.69, 9.17) is 5.73 Å². The van der Waals surface area contributed by atoms with Crippen molar-refractivity contribution in [3.8, 4) is 11.4 Å². The molecule has 3 rings (SSSR count). The third-order valence-corrected chi connectivity index (χ3v) is 2.36. The van der Waals surface area contributed by atoms with Gasteiger partial charge >= 0.3 is 0 Å². The van der Waals surface area contributed by atoms with E-state index in [0.29, 0.717) is 5.82 Å². The number of benzene rings is 1. The van der Waals surface area contributed by atoms with Crippen LogP contribution in [0.3, 0.4) is 0 Å². The first kappa shape index (κ1) is 8.05. The number of fused-ring (bicyclic) bond motifs is 1. The molecular weight excluding hydrogens is 190 g/mol. The minimum Gasteiger partial charge on any atom is -0.382 e. The SMILES string of the molecule is Nc1n[nH]c2ccc(-c3ncc[nH]3)cc12. The molecule has 0 aliphatic heterocycles. The number of aromatic amines is 2. The molecule has 5 heteroatoms. The van der Waals surface area contributed by atoms with Gasteiger partial charge in [-0.2, -0.15) is 5.10 Å². The summed E-state index contributed by atoms with van der Waals surface area (Å²) in [5.41, 5.74) is 7.66. The van der Waals surface area contributed by atoms with Crippen molar-refractivity contribution in [1.29, 1.82) is 0 Å². The van der Waals surface area contributed by atoms with E-state index in [2.05, 4.69) is 20.2 Å². The lowest BCUT2D eigenvalue weighted by molar-refractivity contribution is 1.13. The van der Waals surface area contributed by atoms with Crippen molar-refractivity contribution >= 4 is 16.7 Å². The van der Waals surface area contributed by atoms with Gasteiger partial charge in [0.2, 0.25) is 0 Å². The number of H-pyrrole nitrogens is 2. The molecule has 5 nitrogen and oxygen atoms in total. The van der Waals surface area contributed by atoms with Crippen LogP contribution < -0.4 is 5.73 Å². The molecule has 2 heterocycles. The summed E-state index contributed by atoms with van der Waals surface area (Å²) in [5, 5.41) is 7.72. The number of nitrogens with two attached hydrogens (primary N) is 1. The molecule has 0 saturated heterocycles. The highest BCUT2D eigenvalue weighted by Crippen LogP contribution is 2.23. The lowest BCUT2D eigenvalue weighted by Gasteiger charge is -1.96. The first-order chi connectivity index (χ1) is 7.34. The van der Waals surface area contributed by atoms with Crippen molar-refractivity contribution in [3.05, 3.63) is 30.6 Å². The third kappa shape index (κ3) is 1.17. The molecule has 0 spiro atoms. The van der Waals surface area contributed by atoms with Gasteiger partial charge in [-0.15, -0.1) is 0 Å². The number of hydrogen-bond acceptors (Lipinski definition) is 3. The van der Waals surface area contributed by atoms with Gasteiger partial charge in [0, 0.05) is 23.3 Å². The quantitative estimate of drug-likeness (QED) is 0.555. The van der Waals surface area contributed by atoms with Crippen molar-refractivity contribution in [2.75, 3.05) is 5.73 Å². The average molecular weight is 199 g/mol. The summed E-state index contributed by atoms with van der Waals surface area (Å²) in [5.74, 6) is 1.34. The number of imidazole rings is 1. The Hall–Kier alpha value is -2.30. The van der Waals surface area contributed by atoms with E-state index < -0.39 is 0 Å². The Labute approximate surface area is 85.3 Å². The van der Waals surface area contributed by atoms with Gasteiger partial charge in [-0.1, -0.05) is 0 Å². The molecule has 0 amide bonds. The highest BCUT2D eigenvalue weighted by atomic mass is 15.1. The van der Waals surface area contributed by atoms with Gasteiger partial charge in [0.05, 0.1) is 5.52 Å². The van der Waals surface area contributed by atoms with Crippen LogP contribution in [0.25, 0.3) is 22.3 Å². The molecule has 0 fully saturated rings. The number of nitrogens with zero attached hydrogens (tertiary/aromatic N) is 2. The highest BCUT2D eigenvalue weighted by molar-refractivity contribution is 5.91. The van der Waals surface area contributed by atoms with Crippen LogP contribution in [0, 0.1) is 0 Å². The van der Waals surface area contributed by atoms with Crippen LogP contribution in [-0.2, 0) is 0 Å². The van der Waals surface area contributed by atoms with Gasteiger partial charge in [-0.05, 0) is 18.2 Å². The number of nitrogen functional groups attached to an aromatic ring is 1. The van der Waals surface area contributed by atoms with E-state index in [1.54, 1.807) is 12.4 Å². The predicted octanol–water partition coefficient (Wildman–Crippen LogP) is 1.54. The number of anilines is 1. The Kier molecular flexibility index (Phi) is 1.53. The van der Waals surface area contributed by atoms with E-state index in [-0.39, 0.29) is 0 Å². The van der Waals surface area contributed by atoms with Crippen LogP contribution in [0.1, 0.15) is 0 Å². The van der Waals surface area contributed by atoms with Gasteiger partial charge in [-0.3, -0.25) is 5.10 Å². The predicted molar refractivity (Wildman–Crippen MR) is 58.1 cm³/mol. The van der Waals surface area contributed by atoms with Crippen LogP contribution in [0.5, 0.6) is 0 Å². The smallest absolute Gasteiger partial charge is 0.153 e. The monoisotopic (exact) mass is 199 g/mol. The topological polar surface area (TPSA) is 83.4 Å². The van der Waals surface area contributed by atoms with Gasteiger partial charge in [-0.25, -0.2) is 4.98 Å². The minimum atomic E-state index is 0.512. The fourth-order valence-corrected chi connectivity index (χ4v) is 1.60. The summed E-state index contributed by atoms with van der Waals surface area (Å²) < 4.78 is 0. The number of aromatic nitrogens is 4. The minimum absolute atomic E-state index is 0.512. The van der Waals surface area contributed by atoms with E-state index in [9.17, 15) is 0 Å². The molecule has 0 radical (unpaired) electrons. The summed E-state index contributed by atoms with van der Waals surface area (Å²) in [7, 11) is 0. The van der Waals surface area contributed by atoms with Gasteiger partial charge in [0.25, 0.3) is 0 Å². The highest BCUT2D eigenvalue weighted by Gasteiger charge is 2.05. The van der Waals surface area contributed by atoms with Crippen LogP contribution in [0.2, 0.25) is 0 Å². The molecular formula is C10H9N5. The zero-order chi connectivity index (χ0) is 10.3. The Balaban J connectivity index is 2.25. The second-order valence-electron chi connectivity index (χ2n) is 3.31. The fourth-order valence-electron chi connectivity index (χ4n) is 1.60. The van der Waals surface area contributed by atoms with E-state index >= 15 is 0 Å². The molecule has 1 aromatic carbocycles. The average Bonchev–Trinajstić information content (AvgIpc) is 2.88. The Morgan fingerprint density at radius 1 is 1.27 bits per heavy atom. The van der Waals surface area contributed by atoms with Crippen molar-refractivity contribution in [2.24, 2.45) is 0 Å². The molecule has 15 heavy (non-hydrogen) atoms. The second-order valence-corrected chi connectivity index (χ2v) is 3.31. The summed E-state index contributed by atoms with van der Waals surface area (Å²) in [4.78, 5) is 7.23. The molecule has 0 unspecified atom stereocenters.